The highest BCUT2D eigenvalue weighted by molar-refractivity contribution is 6.06. The van der Waals surface area contributed by atoms with Gasteiger partial charge in [-0.1, -0.05) is 25.0 Å². The lowest BCUT2D eigenvalue weighted by atomic mass is 10.1. The number of hydrogen-bond donors (Lipinski definition) is 1. The van der Waals surface area contributed by atoms with Crippen molar-refractivity contribution in [2.45, 2.75) is 25.7 Å². The molecule has 0 aliphatic carbocycles. The number of nitrogens with one attached hydrogen (secondary N) is 1. The second kappa shape index (κ2) is 7.43. The van der Waals surface area contributed by atoms with Crippen LogP contribution in [0.15, 0.2) is 42.5 Å². The average molecular weight is 330 g/mol. The smallest absolute Gasteiger partial charge is 0.258 e. The number of anilines is 2. The molecule has 1 fully saturated rings. The molecule has 5 heteroatoms. The van der Waals surface area contributed by atoms with Gasteiger partial charge in [0.15, 0.2) is 0 Å². The highest BCUT2D eigenvalue weighted by Crippen LogP contribution is 2.28. The van der Waals surface area contributed by atoms with E-state index >= 15 is 0 Å². The minimum absolute atomic E-state index is 0.165. The molecule has 0 spiro atoms. The lowest BCUT2D eigenvalue weighted by Crippen LogP contribution is -2.25. The summed E-state index contributed by atoms with van der Waals surface area (Å²) in [5, 5.41) is 2.76. The molecular formula is C19H20F2N2O. The van der Waals surface area contributed by atoms with Gasteiger partial charge in [-0.05, 0) is 37.1 Å². The molecule has 1 aliphatic heterocycles. The second-order valence-electron chi connectivity index (χ2n) is 6.00. The fourth-order valence-electron chi connectivity index (χ4n) is 3.03. The summed E-state index contributed by atoms with van der Waals surface area (Å²) < 4.78 is 26.8. The molecule has 0 radical (unpaired) electrons. The van der Waals surface area contributed by atoms with Crippen LogP contribution in [0.5, 0.6) is 0 Å². The molecular weight excluding hydrogens is 310 g/mol. The first-order valence-electron chi connectivity index (χ1n) is 8.25. The fourth-order valence-corrected chi connectivity index (χ4v) is 3.03. The summed E-state index contributed by atoms with van der Waals surface area (Å²) in [6, 6.07) is 10.5. The lowest BCUT2D eigenvalue weighted by Gasteiger charge is -2.25. The Bertz CT molecular complexity index is 725. The summed E-state index contributed by atoms with van der Waals surface area (Å²) in [5.74, 6) is -2.14. The van der Waals surface area contributed by atoms with Crippen LogP contribution in [0.1, 0.15) is 36.0 Å². The maximum Gasteiger partial charge on any atom is 0.258 e. The summed E-state index contributed by atoms with van der Waals surface area (Å²) in [7, 11) is 0. The molecule has 0 saturated carbocycles. The molecule has 0 aromatic heterocycles. The summed E-state index contributed by atoms with van der Waals surface area (Å²) in [5.41, 5.74) is 1.42. The van der Waals surface area contributed by atoms with Gasteiger partial charge in [-0.2, -0.15) is 0 Å². The van der Waals surface area contributed by atoms with Gasteiger partial charge in [-0.3, -0.25) is 4.79 Å². The van der Waals surface area contributed by atoms with Crippen LogP contribution in [0.2, 0.25) is 0 Å². The van der Waals surface area contributed by atoms with Crippen molar-refractivity contribution in [2.24, 2.45) is 0 Å². The molecule has 24 heavy (non-hydrogen) atoms. The van der Waals surface area contributed by atoms with E-state index in [4.69, 9.17) is 0 Å². The van der Waals surface area contributed by atoms with Crippen LogP contribution in [-0.4, -0.2) is 19.0 Å². The van der Waals surface area contributed by atoms with Crippen LogP contribution >= 0.6 is 0 Å². The van der Waals surface area contributed by atoms with E-state index in [1.165, 1.54) is 12.8 Å². The molecule has 0 unspecified atom stereocenters. The van der Waals surface area contributed by atoms with Crippen molar-refractivity contribution in [1.29, 1.82) is 0 Å². The number of carbonyl (C=O) groups is 1. The number of carbonyl (C=O) groups excluding carboxylic acids is 1. The van der Waals surface area contributed by atoms with E-state index in [2.05, 4.69) is 10.2 Å². The highest BCUT2D eigenvalue weighted by atomic mass is 19.1. The number of hydrogen-bond acceptors (Lipinski definition) is 2. The van der Waals surface area contributed by atoms with Gasteiger partial charge in [0.25, 0.3) is 5.91 Å². The first-order chi connectivity index (χ1) is 11.6. The van der Waals surface area contributed by atoms with Crippen molar-refractivity contribution in [1.82, 2.24) is 0 Å². The third-order valence-electron chi connectivity index (χ3n) is 4.27. The maximum absolute atomic E-state index is 13.8. The maximum atomic E-state index is 13.8. The summed E-state index contributed by atoms with van der Waals surface area (Å²) >= 11 is 0. The summed E-state index contributed by atoms with van der Waals surface area (Å²) in [4.78, 5) is 14.6. The van der Waals surface area contributed by atoms with Gasteiger partial charge in [0.1, 0.15) is 11.6 Å². The Labute approximate surface area is 140 Å². The third kappa shape index (κ3) is 3.72. The monoisotopic (exact) mass is 330 g/mol. The predicted octanol–water partition coefficient (Wildman–Crippen LogP) is 4.60. The number of para-hydroxylation sites is 2. The lowest BCUT2D eigenvalue weighted by molar-refractivity contribution is 0.102. The van der Waals surface area contributed by atoms with Crippen molar-refractivity contribution in [3.05, 3.63) is 59.7 Å². The Balaban J connectivity index is 1.83. The van der Waals surface area contributed by atoms with E-state index in [0.717, 1.165) is 49.8 Å². The molecule has 2 aromatic carbocycles. The zero-order valence-corrected chi connectivity index (χ0v) is 13.4. The van der Waals surface area contributed by atoms with Crippen LogP contribution in [0.3, 0.4) is 0 Å². The van der Waals surface area contributed by atoms with Crippen LogP contribution in [0.25, 0.3) is 0 Å². The Morgan fingerprint density at radius 3 is 2.38 bits per heavy atom. The van der Waals surface area contributed by atoms with Gasteiger partial charge in [0.2, 0.25) is 0 Å². The van der Waals surface area contributed by atoms with Gasteiger partial charge in [-0.25, -0.2) is 8.78 Å². The molecule has 2 aromatic rings. The Morgan fingerprint density at radius 1 is 0.958 bits per heavy atom. The van der Waals surface area contributed by atoms with E-state index in [0.29, 0.717) is 5.69 Å². The number of halogens is 2. The number of amides is 1. The first kappa shape index (κ1) is 16.4. The molecule has 1 heterocycles. The van der Waals surface area contributed by atoms with E-state index < -0.39 is 17.5 Å². The van der Waals surface area contributed by atoms with E-state index in [-0.39, 0.29) is 5.56 Å². The second-order valence-corrected chi connectivity index (χ2v) is 6.00. The zero-order chi connectivity index (χ0) is 16.9. The Morgan fingerprint density at radius 2 is 1.67 bits per heavy atom. The zero-order valence-electron chi connectivity index (χ0n) is 13.4. The number of rotatable bonds is 3. The normalized spacial score (nSPS) is 15.0. The van der Waals surface area contributed by atoms with Crippen LogP contribution in [0.4, 0.5) is 20.2 Å². The van der Waals surface area contributed by atoms with Gasteiger partial charge in [-0.15, -0.1) is 0 Å². The SMILES string of the molecule is O=C(Nc1ccccc1N1CCCCCC1)c1ccc(F)cc1F. The topological polar surface area (TPSA) is 32.3 Å². The molecule has 1 amide bonds. The van der Waals surface area contributed by atoms with Crippen molar-refractivity contribution < 1.29 is 13.6 Å². The van der Waals surface area contributed by atoms with Crippen molar-refractivity contribution >= 4 is 17.3 Å². The molecule has 3 rings (SSSR count). The van der Waals surface area contributed by atoms with E-state index in [1.807, 2.05) is 18.2 Å². The van der Waals surface area contributed by atoms with Crippen LogP contribution < -0.4 is 10.2 Å². The summed E-state index contributed by atoms with van der Waals surface area (Å²) in [6.07, 6.45) is 4.67. The molecule has 0 bridgehead atoms. The van der Waals surface area contributed by atoms with E-state index in [9.17, 15) is 13.6 Å². The highest BCUT2D eigenvalue weighted by Gasteiger charge is 2.17. The van der Waals surface area contributed by atoms with E-state index in [1.54, 1.807) is 6.07 Å². The molecule has 3 nitrogen and oxygen atoms in total. The van der Waals surface area contributed by atoms with Gasteiger partial charge in [0, 0.05) is 19.2 Å². The third-order valence-corrected chi connectivity index (χ3v) is 4.27. The number of benzene rings is 2. The van der Waals surface area contributed by atoms with Gasteiger partial charge < -0.3 is 10.2 Å². The van der Waals surface area contributed by atoms with Crippen molar-refractivity contribution in [2.75, 3.05) is 23.3 Å². The Hall–Kier alpha value is -2.43. The standard InChI is InChI=1S/C19H20F2N2O/c20-14-9-10-15(16(21)13-14)19(24)22-17-7-3-4-8-18(17)23-11-5-1-2-6-12-23/h3-4,7-10,13H,1-2,5-6,11-12H2,(H,22,24). The van der Waals surface area contributed by atoms with Crippen molar-refractivity contribution in [3.63, 3.8) is 0 Å². The minimum atomic E-state index is -0.861. The predicted molar refractivity (Wildman–Crippen MR) is 91.4 cm³/mol. The minimum Gasteiger partial charge on any atom is -0.370 e. The largest absolute Gasteiger partial charge is 0.370 e. The van der Waals surface area contributed by atoms with Crippen LogP contribution in [-0.2, 0) is 0 Å². The van der Waals surface area contributed by atoms with Crippen LogP contribution in [0, 0.1) is 11.6 Å². The first-order valence-corrected chi connectivity index (χ1v) is 8.25. The number of nitrogens with zero attached hydrogens (tertiary/aromatic N) is 1. The molecule has 0 atom stereocenters. The average Bonchev–Trinajstić information content (AvgIpc) is 2.84. The van der Waals surface area contributed by atoms with Gasteiger partial charge in [0.05, 0.1) is 16.9 Å². The molecule has 1 aliphatic rings. The van der Waals surface area contributed by atoms with Gasteiger partial charge >= 0.3 is 0 Å². The van der Waals surface area contributed by atoms with Crippen molar-refractivity contribution in [3.8, 4) is 0 Å². The summed E-state index contributed by atoms with van der Waals surface area (Å²) in [6.45, 7) is 1.88. The quantitative estimate of drug-likeness (QED) is 0.892. The fraction of sp³-hybridized carbons (Fsp3) is 0.316. The molecule has 1 saturated heterocycles. The molecule has 126 valence electrons. The Kier molecular flexibility index (Phi) is 5.08. The molecule has 1 N–H and O–H groups in total.